The Kier molecular flexibility index (Phi) is 32.6. The van der Waals surface area contributed by atoms with Gasteiger partial charge in [-0.05, 0) is 154 Å². The van der Waals surface area contributed by atoms with Crippen LogP contribution in [0.1, 0.15) is 180 Å². The molecule has 6 heteroatoms. The van der Waals surface area contributed by atoms with Gasteiger partial charge in [-0.3, -0.25) is 0 Å². The monoisotopic (exact) mass is 865 g/mol. The van der Waals surface area contributed by atoms with Crippen molar-refractivity contribution in [1.29, 1.82) is 0 Å². The number of rotatable bonds is 43. The second kappa shape index (κ2) is 36.1. The van der Waals surface area contributed by atoms with Gasteiger partial charge in [0.05, 0.1) is 67.6 Å². The van der Waals surface area contributed by atoms with Crippen LogP contribution in [-0.4, -0.2) is 128 Å². The lowest BCUT2D eigenvalue weighted by Gasteiger charge is -2.30. The molecule has 0 radical (unpaired) electrons. The van der Waals surface area contributed by atoms with E-state index in [0.29, 0.717) is 0 Å². The van der Waals surface area contributed by atoms with Gasteiger partial charge >= 0.3 is 0 Å². The van der Waals surface area contributed by atoms with Gasteiger partial charge in [-0.15, -0.1) is 0 Å². The Morgan fingerprint density at radius 1 is 0.306 bits per heavy atom. The van der Waals surface area contributed by atoms with Gasteiger partial charge in [0, 0.05) is 0 Å². The lowest BCUT2D eigenvalue weighted by molar-refractivity contribution is -0.890. The minimum Gasteiger partial charge on any atom is -0.494 e. The van der Waals surface area contributed by atoms with Gasteiger partial charge in [0.15, 0.2) is 0 Å². The molecule has 0 aliphatic rings. The third-order valence-corrected chi connectivity index (χ3v) is 13.1. The van der Waals surface area contributed by atoms with Crippen LogP contribution in [0.4, 0.5) is 0 Å². The van der Waals surface area contributed by atoms with Gasteiger partial charge in [0.2, 0.25) is 0 Å². The second-order valence-electron chi connectivity index (χ2n) is 21.0. The fraction of sp³-hybridized carbons (Fsp3) is 0.786. The Bertz CT molecular complexity index is 1180. The number of benzene rings is 2. The number of hydrogen-bond acceptors (Lipinski definition) is 4. The Balaban J connectivity index is 1.38. The van der Waals surface area contributed by atoms with Gasteiger partial charge in [0.1, 0.15) is 11.5 Å². The molecular weight excluding hydrogens is 761 g/mol. The van der Waals surface area contributed by atoms with E-state index >= 15 is 0 Å². The van der Waals surface area contributed by atoms with Crippen molar-refractivity contribution in [3.8, 4) is 22.6 Å². The summed E-state index contributed by atoms with van der Waals surface area (Å²) < 4.78 is 14.6. The Hall–Kier alpha value is -2.12. The molecule has 0 fully saturated rings. The van der Waals surface area contributed by atoms with Crippen LogP contribution in [0.2, 0.25) is 0 Å². The number of unbranched alkanes of at least 4 members (excludes halogenated alkanes) is 24. The average Bonchev–Trinajstić information content (AvgIpc) is 3.24. The summed E-state index contributed by atoms with van der Waals surface area (Å²) in [6.07, 6.45) is 38.0. The van der Waals surface area contributed by atoms with E-state index in [4.69, 9.17) is 9.47 Å². The van der Waals surface area contributed by atoms with Crippen molar-refractivity contribution in [3.05, 3.63) is 48.5 Å². The third kappa shape index (κ3) is 32.5. The Labute approximate surface area is 386 Å². The van der Waals surface area contributed by atoms with E-state index in [-0.39, 0.29) is 0 Å². The summed E-state index contributed by atoms with van der Waals surface area (Å²) in [5.74, 6) is 1.95. The first-order valence-corrected chi connectivity index (χ1v) is 26.4. The summed E-state index contributed by atoms with van der Waals surface area (Å²) >= 11 is 0. The molecule has 62 heavy (non-hydrogen) atoms. The van der Waals surface area contributed by atoms with Crippen LogP contribution in [0.3, 0.4) is 0 Å². The van der Waals surface area contributed by atoms with E-state index < -0.39 is 0 Å². The predicted octanol–water partition coefficient (Wildman–Crippen LogP) is 14.3. The van der Waals surface area contributed by atoms with Crippen LogP contribution in [-0.2, 0) is 0 Å². The lowest BCUT2D eigenvalue weighted by Crippen LogP contribution is -2.41. The molecule has 0 atom stereocenters. The highest BCUT2D eigenvalue weighted by molar-refractivity contribution is 5.64. The Morgan fingerprint density at radius 2 is 0.532 bits per heavy atom. The first kappa shape index (κ1) is 56.0. The van der Waals surface area contributed by atoms with Gasteiger partial charge < -0.3 is 28.2 Å². The molecule has 0 aliphatic carbocycles. The van der Waals surface area contributed by atoms with Crippen LogP contribution < -0.4 is 9.47 Å². The standard InChI is InChI=1S/C56H104N4O2/c1-57(2)45-29-21-25-33-49-59(5,6)47-31-23-17-13-9-11-15-19-27-35-51-61-55-41-37-53(38-42-55)54-39-43-56(44-40-54)62-52-36-28-20-16-12-10-14-18-24-32-48-60(7,8)50-34-26-22-30-46-58(3)4/h37-44H,9-36,45-52H2,1-8H3/q+2. The SMILES string of the molecule is CN(C)CCCCCC[N+](C)(C)CCCCCCCCCCCCOc1ccc(-c2ccc(OCCCCCCCCCCCC[N+](C)(C)CCCCCCN(C)C)cc2)cc1. The molecule has 0 aliphatic heterocycles. The molecular formula is C56H104N4O2+2. The maximum atomic E-state index is 6.08. The van der Waals surface area contributed by atoms with Crippen molar-refractivity contribution < 1.29 is 18.4 Å². The van der Waals surface area contributed by atoms with Crippen LogP contribution in [0.25, 0.3) is 11.1 Å². The smallest absolute Gasteiger partial charge is 0.119 e. The summed E-state index contributed by atoms with van der Waals surface area (Å²) in [5, 5.41) is 0. The van der Waals surface area contributed by atoms with Gasteiger partial charge in [-0.1, -0.05) is 127 Å². The molecule has 2 aromatic carbocycles. The predicted molar refractivity (Wildman–Crippen MR) is 273 cm³/mol. The van der Waals surface area contributed by atoms with Crippen molar-refractivity contribution in [2.75, 3.05) is 109 Å². The molecule has 0 amide bonds. The van der Waals surface area contributed by atoms with Gasteiger partial charge in [0.25, 0.3) is 0 Å². The molecule has 2 rings (SSSR count). The second-order valence-corrected chi connectivity index (χ2v) is 21.0. The normalized spacial score (nSPS) is 12.2. The van der Waals surface area contributed by atoms with E-state index in [1.807, 2.05) is 0 Å². The number of nitrogens with zero attached hydrogens (tertiary/aromatic N) is 4. The van der Waals surface area contributed by atoms with Gasteiger partial charge in [-0.25, -0.2) is 0 Å². The molecule has 0 bridgehead atoms. The number of hydrogen-bond donors (Lipinski definition) is 0. The van der Waals surface area contributed by atoms with Gasteiger partial charge in [-0.2, -0.15) is 0 Å². The molecule has 0 saturated carbocycles. The van der Waals surface area contributed by atoms with Crippen molar-refractivity contribution in [1.82, 2.24) is 9.80 Å². The molecule has 2 aromatic rings. The highest BCUT2D eigenvalue weighted by atomic mass is 16.5. The van der Waals surface area contributed by atoms with Crippen LogP contribution in [0.5, 0.6) is 11.5 Å². The maximum absolute atomic E-state index is 6.08. The van der Waals surface area contributed by atoms with Crippen LogP contribution in [0, 0.1) is 0 Å². The fourth-order valence-electron chi connectivity index (χ4n) is 8.85. The summed E-state index contributed by atoms with van der Waals surface area (Å²) in [5.41, 5.74) is 2.44. The highest BCUT2D eigenvalue weighted by Crippen LogP contribution is 2.25. The minimum atomic E-state index is 0.813. The van der Waals surface area contributed by atoms with Crippen molar-refractivity contribution >= 4 is 0 Å². The molecule has 0 heterocycles. The first-order valence-electron chi connectivity index (χ1n) is 26.4. The van der Waals surface area contributed by atoms with E-state index in [1.54, 1.807) is 0 Å². The molecule has 0 unspecified atom stereocenters. The van der Waals surface area contributed by atoms with Crippen LogP contribution in [0.15, 0.2) is 48.5 Å². The number of quaternary nitrogens is 2. The summed E-state index contributed by atoms with van der Waals surface area (Å²) in [4.78, 5) is 4.60. The zero-order valence-electron chi connectivity index (χ0n) is 42.7. The summed E-state index contributed by atoms with van der Waals surface area (Å²) in [6.45, 7) is 9.44. The zero-order valence-corrected chi connectivity index (χ0v) is 42.7. The van der Waals surface area contributed by atoms with Crippen molar-refractivity contribution in [2.24, 2.45) is 0 Å². The maximum Gasteiger partial charge on any atom is 0.119 e. The Morgan fingerprint density at radius 3 is 0.790 bits per heavy atom. The zero-order chi connectivity index (χ0) is 45.0. The quantitative estimate of drug-likeness (QED) is 0.0490. The molecule has 0 saturated heterocycles. The average molecular weight is 865 g/mol. The lowest BCUT2D eigenvalue weighted by atomic mass is 10.1. The van der Waals surface area contributed by atoms with E-state index in [9.17, 15) is 0 Å². The number of ether oxygens (including phenoxy) is 2. The van der Waals surface area contributed by atoms with Crippen molar-refractivity contribution in [2.45, 2.75) is 180 Å². The van der Waals surface area contributed by atoms with Crippen molar-refractivity contribution in [3.63, 3.8) is 0 Å². The fourth-order valence-corrected chi connectivity index (χ4v) is 8.85. The first-order chi connectivity index (χ1) is 30.0. The van der Waals surface area contributed by atoms with E-state index in [2.05, 4.69) is 115 Å². The third-order valence-electron chi connectivity index (χ3n) is 13.1. The van der Waals surface area contributed by atoms with E-state index in [1.165, 1.54) is 226 Å². The topological polar surface area (TPSA) is 24.9 Å². The molecule has 0 aromatic heterocycles. The largest absolute Gasteiger partial charge is 0.494 e. The molecule has 0 N–H and O–H groups in total. The van der Waals surface area contributed by atoms with E-state index in [0.717, 1.165) is 37.6 Å². The molecule has 358 valence electrons. The minimum absolute atomic E-state index is 0.813. The summed E-state index contributed by atoms with van der Waals surface area (Å²) in [6, 6.07) is 17.2. The van der Waals surface area contributed by atoms with Crippen LogP contribution >= 0.6 is 0 Å². The molecule has 6 nitrogen and oxygen atoms in total. The molecule has 0 spiro atoms. The highest BCUT2D eigenvalue weighted by Gasteiger charge is 2.15. The summed E-state index contributed by atoms with van der Waals surface area (Å²) in [7, 11) is 18.4.